The summed E-state index contributed by atoms with van der Waals surface area (Å²) in [4.78, 5) is 39.6. The van der Waals surface area contributed by atoms with E-state index in [1.54, 1.807) is 0 Å². The largest absolute Gasteiger partial charge is 0.341 e. The molecule has 0 spiro atoms. The first-order chi connectivity index (χ1) is 12.1. The highest BCUT2D eigenvalue weighted by atomic mass is 16.2. The Hall–Kier alpha value is -2.37. The number of benzene rings is 1. The van der Waals surface area contributed by atoms with E-state index in [1.165, 1.54) is 0 Å². The van der Waals surface area contributed by atoms with E-state index in [2.05, 4.69) is 5.32 Å². The number of carbonyl (C=O) groups is 3. The fraction of sp³-hybridized carbons (Fsp3) is 0.526. The van der Waals surface area contributed by atoms with Crippen LogP contribution < -0.4 is 5.32 Å². The van der Waals surface area contributed by atoms with Crippen LogP contribution in [0.15, 0.2) is 18.2 Å². The Labute approximate surface area is 148 Å². The first-order valence-electron chi connectivity index (χ1n) is 9.04. The van der Waals surface area contributed by atoms with E-state index in [-0.39, 0.29) is 17.7 Å². The summed E-state index contributed by atoms with van der Waals surface area (Å²) in [5, 5.41) is 2.86. The summed E-state index contributed by atoms with van der Waals surface area (Å²) in [6, 6.07) is 5.82. The summed E-state index contributed by atoms with van der Waals surface area (Å²) in [5.74, 6) is 0.309. The number of amides is 3. The summed E-state index contributed by atoms with van der Waals surface area (Å²) < 4.78 is 0. The van der Waals surface area contributed by atoms with Gasteiger partial charge in [0, 0.05) is 44.7 Å². The summed E-state index contributed by atoms with van der Waals surface area (Å²) in [6.07, 6.45) is 2.93. The van der Waals surface area contributed by atoms with E-state index in [0.717, 1.165) is 36.2 Å². The van der Waals surface area contributed by atoms with Gasteiger partial charge >= 0.3 is 0 Å². The molecule has 2 aliphatic heterocycles. The van der Waals surface area contributed by atoms with Gasteiger partial charge in [-0.2, -0.15) is 0 Å². The van der Waals surface area contributed by atoms with Crippen molar-refractivity contribution in [2.24, 2.45) is 0 Å². The van der Waals surface area contributed by atoms with Crippen molar-refractivity contribution in [2.45, 2.75) is 39.0 Å². The number of nitrogens with one attached hydrogen (secondary N) is 1. The monoisotopic (exact) mass is 343 g/mol. The molecule has 0 aromatic heterocycles. The third kappa shape index (κ3) is 4.18. The minimum atomic E-state index is 0.0482. The second-order valence-electron chi connectivity index (χ2n) is 6.69. The lowest BCUT2D eigenvalue weighted by Gasteiger charge is -2.22. The first-order valence-corrected chi connectivity index (χ1v) is 9.04. The van der Waals surface area contributed by atoms with Crippen LogP contribution in [0.3, 0.4) is 0 Å². The maximum atomic E-state index is 12.6. The predicted molar refractivity (Wildman–Crippen MR) is 95.2 cm³/mol. The number of carbonyl (C=O) groups excluding carboxylic acids is 3. The molecule has 1 saturated heterocycles. The molecule has 134 valence electrons. The summed E-state index contributed by atoms with van der Waals surface area (Å²) in [7, 11) is 0. The lowest BCUT2D eigenvalue weighted by atomic mass is 9.99. The molecule has 3 rings (SSSR count). The predicted octanol–water partition coefficient (Wildman–Crippen LogP) is 1.58. The molecule has 6 nitrogen and oxygen atoms in total. The van der Waals surface area contributed by atoms with E-state index in [0.29, 0.717) is 38.9 Å². The van der Waals surface area contributed by atoms with Crippen LogP contribution in [0.25, 0.3) is 0 Å². The highest BCUT2D eigenvalue weighted by molar-refractivity contribution is 5.94. The third-order valence-corrected chi connectivity index (χ3v) is 4.92. The minimum absolute atomic E-state index is 0.0482. The van der Waals surface area contributed by atoms with Crippen LogP contribution in [-0.4, -0.2) is 53.7 Å². The van der Waals surface area contributed by atoms with Crippen LogP contribution in [0.4, 0.5) is 5.69 Å². The van der Waals surface area contributed by atoms with Gasteiger partial charge in [-0.25, -0.2) is 0 Å². The van der Waals surface area contributed by atoms with Crippen LogP contribution in [-0.2, 0) is 27.2 Å². The van der Waals surface area contributed by atoms with Gasteiger partial charge in [0.1, 0.15) is 0 Å². The maximum absolute atomic E-state index is 12.6. The second-order valence-corrected chi connectivity index (χ2v) is 6.69. The number of anilines is 1. The average Bonchev–Trinajstić information content (AvgIpc) is 2.87. The van der Waals surface area contributed by atoms with Crippen LogP contribution in [0.5, 0.6) is 0 Å². The van der Waals surface area contributed by atoms with Crippen LogP contribution in [0.2, 0.25) is 0 Å². The quantitative estimate of drug-likeness (QED) is 0.906. The van der Waals surface area contributed by atoms with Gasteiger partial charge in [0.15, 0.2) is 0 Å². The molecule has 3 amide bonds. The molecule has 25 heavy (non-hydrogen) atoms. The molecular weight excluding hydrogens is 318 g/mol. The van der Waals surface area contributed by atoms with Crippen LogP contribution >= 0.6 is 0 Å². The fourth-order valence-electron chi connectivity index (χ4n) is 3.47. The zero-order valence-electron chi connectivity index (χ0n) is 14.7. The Morgan fingerprint density at radius 3 is 2.48 bits per heavy atom. The average molecular weight is 343 g/mol. The third-order valence-electron chi connectivity index (χ3n) is 4.92. The molecule has 0 bridgehead atoms. The van der Waals surface area contributed by atoms with Gasteiger partial charge in [0.25, 0.3) is 0 Å². The zero-order valence-corrected chi connectivity index (χ0v) is 14.7. The number of rotatable bonds is 3. The van der Waals surface area contributed by atoms with Gasteiger partial charge < -0.3 is 15.1 Å². The van der Waals surface area contributed by atoms with Crippen molar-refractivity contribution in [1.82, 2.24) is 9.80 Å². The van der Waals surface area contributed by atoms with Gasteiger partial charge in [-0.1, -0.05) is 19.1 Å². The molecule has 1 aromatic rings. The van der Waals surface area contributed by atoms with Gasteiger partial charge in [0.05, 0.1) is 6.42 Å². The molecule has 0 saturated carbocycles. The van der Waals surface area contributed by atoms with Crippen molar-refractivity contribution in [3.63, 3.8) is 0 Å². The number of hydrogen-bond acceptors (Lipinski definition) is 3. The van der Waals surface area contributed by atoms with Crippen molar-refractivity contribution in [1.29, 1.82) is 0 Å². The van der Waals surface area contributed by atoms with Gasteiger partial charge in [-0.3, -0.25) is 14.4 Å². The molecule has 1 aromatic carbocycles. The molecule has 1 N–H and O–H groups in total. The molecule has 0 atom stereocenters. The van der Waals surface area contributed by atoms with E-state index in [1.807, 2.05) is 34.9 Å². The number of nitrogens with zero attached hydrogens (tertiary/aromatic N) is 2. The molecule has 1 fully saturated rings. The van der Waals surface area contributed by atoms with E-state index < -0.39 is 0 Å². The van der Waals surface area contributed by atoms with Crippen molar-refractivity contribution in [2.75, 3.05) is 31.5 Å². The number of aryl methyl sites for hydroxylation is 1. The molecule has 0 radical (unpaired) electrons. The Morgan fingerprint density at radius 1 is 1.04 bits per heavy atom. The van der Waals surface area contributed by atoms with Crippen molar-refractivity contribution in [3.05, 3.63) is 29.3 Å². The Balaban J connectivity index is 1.60. The van der Waals surface area contributed by atoms with E-state index in [9.17, 15) is 14.4 Å². The number of hydrogen-bond donors (Lipinski definition) is 1. The fourth-order valence-corrected chi connectivity index (χ4v) is 3.47. The Kier molecular flexibility index (Phi) is 5.36. The lowest BCUT2D eigenvalue weighted by Crippen LogP contribution is -2.37. The summed E-state index contributed by atoms with van der Waals surface area (Å²) >= 11 is 0. The summed E-state index contributed by atoms with van der Waals surface area (Å²) in [5.41, 5.74) is 2.93. The summed E-state index contributed by atoms with van der Waals surface area (Å²) in [6.45, 7) is 4.52. The van der Waals surface area contributed by atoms with Crippen molar-refractivity contribution < 1.29 is 14.4 Å². The molecule has 6 heteroatoms. The highest BCUT2D eigenvalue weighted by Gasteiger charge is 2.22. The smallest absolute Gasteiger partial charge is 0.227 e. The molecule has 0 unspecified atom stereocenters. The molecule has 2 heterocycles. The van der Waals surface area contributed by atoms with Crippen molar-refractivity contribution in [3.8, 4) is 0 Å². The first kappa shape index (κ1) is 17.5. The number of fused-ring (bicyclic) bond motifs is 1. The van der Waals surface area contributed by atoms with Gasteiger partial charge in [-0.15, -0.1) is 0 Å². The zero-order chi connectivity index (χ0) is 17.8. The second kappa shape index (κ2) is 7.68. The van der Waals surface area contributed by atoms with Crippen LogP contribution in [0.1, 0.15) is 37.3 Å². The standard InChI is InChI=1S/C19H25N3O3/c1-2-18(24)21-8-3-9-22(11-10-21)19(25)13-14-4-6-16-15(12-14)5-7-17(23)20-16/h4,6,12H,2-3,5,7-11,13H2,1H3,(H,20,23). The highest BCUT2D eigenvalue weighted by Crippen LogP contribution is 2.24. The SMILES string of the molecule is CCC(=O)N1CCCN(C(=O)Cc2ccc3c(c2)CCC(=O)N3)CC1. The van der Waals surface area contributed by atoms with E-state index in [4.69, 9.17) is 0 Å². The molecular formula is C19H25N3O3. The van der Waals surface area contributed by atoms with Gasteiger partial charge in [0.2, 0.25) is 17.7 Å². The molecule has 0 aliphatic carbocycles. The maximum Gasteiger partial charge on any atom is 0.227 e. The van der Waals surface area contributed by atoms with Gasteiger partial charge in [-0.05, 0) is 30.0 Å². The normalized spacial score (nSPS) is 17.6. The molecule has 2 aliphatic rings. The van der Waals surface area contributed by atoms with Crippen molar-refractivity contribution >= 4 is 23.4 Å². The lowest BCUT2D eigenvalue weighted by molar-refractivity contribution is -0.133. The minimum Gasteiger partial charge on any atom is -0.341 e. The topological polar surface area (TPSA) is 69.7 Å². The van der Waals surface area contributed by atoms with Crippen LogP contribution in [0, 0.1) is 0 Å². The Morgan fingerprint density at radius 2 is 1.76 bits per heavy atom. The Bertz CT molecular complexity index is 686. The van der Waals surface area contributed by atoms with E-state index >= 15 is 0 Å².